The molecular formula is C4H10CaO3. The van der Waals surface area contributed by atoms with Crippen molar-refractivity contribution in [2.75, 3.05) is 6.61 Å². The summed E-state index contributed by atoms with van der Waals surface area (Å²) in [5, 5.41) is 16.0. The molecule has 0 aliphatic heterocycles. The van der Waals surface area contributed by atoms with Crippen LogP contribution < -0.4 is 0 Å². The monoisotopic (exact) mass is 146 g/mol. The number of carbonyl (C=O) groups is 1. The van der Waals surface area contributed by atoms with Crippen molar-refractivity contribution < 1.29 is 15.0 Å². The van der Waals surface area contributed by atoms with Crippen LogP contribution >= 0.6 is 0 Å². The van der Waals surface area contributed by atoms with Gasteiger partial charge < -0.3 is 10.2 Å². The van der Waals surface area contributed by atoms with E-state index in [0.717, 1.165) is 0 Å². The molecule has 0 spiro atoms. The van der Waals surface area contributed by atoms with E-state index in [2.05, 4.69) is 0 Å². The van der Waals surface area contributed by atoms with Gasteiger partial charge in [-0.05, 0) is 6.42 Å². The third kappa shape index (κ3) is 9.85. The molecule has 0 unspecified atom stereocenters. The van der Waals surface area contributed by atoms with Crippen LogP contribution in [0.15, 0.2) is 0 Å². The maximum absolute atomic E-state index is 9.65. The van der Waals surface area contributed by atoms with Crippen molar-refractivity contribution >= 4 is 43.7 Å². The molecule has 0 amide bonds. The van der Waals surface area contributed by atoms with E-state index in [-0.39, 0.29) is 50.8 Å². The summed E-state index contributed by atoms with van der Waals surface area (Å²) in [6.07, 6.45) is 0.422. The molecule has 0 saturated heterocycles. The fourth-order valence-electron chi connectivity index (χ4n) is 0.230. The summed E-state index contributed by atoms with van der Waals surface area (Å²) >= 11 is 0. The average Bonchev–Trinajstić information content (AvgIpc) is 1.61. The molecule has 0 aromatic carbocycles. The second-order valence-corrected chi connectivity index (χ2v) is 1.22. The Balaban J connectivity index is 0. The molecule has 0 aromatic heterocycles. The summed E-state index contributed by atoms with van der Waals surface area (Å²) < 4.78 is 0. The fourth-order valence-corrected chi connectivity index (χ4v) is 0.230. The number of hydrogen-bond donors (Lipinski definition) is 2. The quantitative estimate of drug-likeness (QED) is 0.498. The Morgan fingerprint density at radius 1 is 1.50 bits per heavy atom. The zero-order chi connectivity index (χ0) is 5.70. The molecule has 0 fully saturated rings. The summed E-state index contributed by atoms with van der Waals surface area (Å²) in [4.78, 5) is 9.65. The average molecular weight is 146 g/mol. The number of carboxylic acids is 1. The normalized spacial score (nSPS) is 7.62. The van der Waals surface area contributed by atoms with Gasteiger partial charge >= 0.3 is 43.7 Å². The molecule has 0 bridgehead atoms. The Bertz CT molecular complexity index is 64.3. The number of hydrogen-bond acceptors (Lipinski definition) is 2. The summed E-state index contributed by atoms with van der Waals surface area (Å²) in [5.74, 6) is -0.853. The first-order chi connectivity index (χ1) is 3.27. The van der Waals surface area contributed by atoms with Gasteiger partial charge in [0.1, 0.15) is 0 Å². The fraction of sp³-hybridized carbons (Fsp3) is 0.750. The van der Waals surface area contributed by atoms with Gasteiger partial charge in [-0.15, -0.1) is 0 Å². The molecule has 4 heteroatoms. The molecule has 8 heavy (non-hydrogen) atoms. The van der Waals surface area contributed by atoms with E-state index in [1.807, 2.05) is 0 Å². The number of aliphatic hydroxyl groups is 1. The van der Waals surface area contributed by atoms with Crippen LogP contribution in [-0.2, 0) is 4.79 Å². The van der Waals surface area contributed by atoms with Crippen LogP contribution in [0.5, 0.6) is 0 Å². The van der Waals surface area contributed by atoms with Crippen molar-refractivity contribution in [2.45, 2.75) is 12.8 Å². The first-order valence-corrected chi connectivity index (χ1v) is 2.10. The van der Waals surface area contributed by atoms with Gasteiger partial charge in [0.05, 0.1) is 0 Å². The molecule has 0 atom stereocenters. The minimum atomic E-state index is -0.853. The van der Waals surface area contributed by atoms with E-state index in [4.69, 9.17) is 10.2 Å². The van der Waals surface area contributed by atoms with Crippen molar-refractivity contribution in [3.8, 4) is 0 Å². The SMILES string of the molecule is O=C(O)CCCO.[CaH2]. The molecule has 2 N–H and O–H groups in total. The molecular weight excluding hydrogens is 136 g/mol. The van der Waals surface area contributed by atoms with Crippen LogP contribution in [-0.4, -0.2) is 60.5 Å². The Morgan fingerprint density at radius 2 is 2.00 bits per heavy atom. The molecule has 0 heterocycles. The Kier molecular flexibility index (Phi) is 11.0. The van der Waals surface area contributed by atoms with Crippen LogP contribution in [0.25, 0.3) is 0 Å². The van der Waals surface area contributed by atoms with Gasteiger partial charge in [-0.2, -0.15) is 0 Å². The topological polar surface area (TPSA) is 57.5 Å². The number of carboxylic acid groups (broad SMARTS) is 1. The van der Waals surface area contributed by atoms with Gasteiger partial charge in [-0.1, -0.05) is 0 Å². The first-order valence-electron chi connectivity index (χ1n) is 2.10. The standard InChI is InChI=1S/C4H8O3.Ca.2H/c5-3-1-2-4(6)7;;;/h5H,1-3H2,(H,6,7);;;. The first kappa shape index (κ1) is 11.5. The molecule has 0 saturated carbocycles. The van der Waals surface area contributed by atoms with Crippen molar-refractivity contribution in [1.82, 2.24) is 0 Å². The molecule has 0 aliphatic carbocycles. The van der Waals surface area contributed by atoms with E-state index in [1.165, 1.54) is 0 Å². The van der Waals surface area contributed by atoms with E-state index < -0.39 is 5.97 Å². The molecule has 0 radical (unpaired) electrons. The van der Waals surface area contributed by atoms with Crippen LogP contribution in [0.2, 0.25) is 0 Å². The van der Waals surface area contributed by atoms with Crippen LogP contribution in [0, 0.1) is 0 Å². The minimum absolute atomic E-state index is 0. The summed E-state index contributed by atoms with van der Waals surface area (Å²) in [5.41, 5.74) is 0. The third-order valence-corrected chi connectivity index (χ3v) is 0.549. The van der Waals surface area contributed by atoms with Crippen molar-refractivity contribution in [2.24, 2.45) is 0 Å². The number of rotatable bonds is 3. The zero-order valence-corrected chi connectivity index (χ0v) is 3.92. The maximum atomic E-state index is 9.65. The Hall–Kier alpha value is 0.690. The molecule has 0 aromatic rings. The predicted molar refractivity (Wildman–Crippen MR) is 32.5 cm³/mol. The molecule has 0 aliphatic rings. The zero-order valence-electron chi connectivity index (χ0n) is 3.92. The van der Waals surface area contributed by atoms with Gasteiger partial charge in [0, 0.05) is 13.0 Å². The summed E-state index contributed by atoms with van der Waals surface area (Å²) in [6, 6.07) is 0. The van der Waals surface area contributed by atoms with Crippen molar-refractivity contribution in [3.63, 3.8) is 0 Å². The molecule has 0 rings (SSSR count). The van der Waals surface area contributed by atoms with Gasteiger partial charge in [0.15, 0.2) is 0 Å². The van der Waals surface area contributed by atoms with Crippen LogP contribution in [0.4, 0.5) is 0 Å². The van der Waals surface area contributed by atoms with E-state index in [0.29, 0.717) is 6.42 Å². The van der Waals surface area contributed by atoms with Gasteiger partial charge in [-0.3, -0.25) is 4.79 Å². The van der Waals surface area contributed by atoms with E-state index in [9.17, 15) is 4.79 Å². The third-order valence-electron chi connectivity index (χ3n) is 0.549. The van der Waals surface area contributed by atoms with Gasteiger partial charge in [0.25, 0.3) is 0 Å². The van der Waals surface area contributed by atoms with Crippen molar-refractivity contribution in [3.05, 3.63) is 0 Å². The van der Waals surface area contributed by atoms with E-state index >= 15 is 0 Å². The van der Waals surface area contributed by atoms with Gasteiger partial charge in [0.2, 0.25) is 0 Å². The Labute approximate surface area is 77.7 Å². The number of aliphatic carboxylic acids is 1. The predicted octanol–water partition coefficient (Wildman–Crippen LogP) is -1.07. The molecule has 3 nitrogen and oxygen atoms in total. The number of aliphatic hydroxyl groups excluding tert-OH is 1. The second-order valence-electron chi connectivity index (χ2n) is 1.22. The van der Waals surface area contributed by atoms with Crippen LogP contribution in [0.3, 0.4) is 0 Å². The second kappa shape index (κ2) is 7.69. The Morgan fingerprint density at radius 3 is 2.12 bits per heavy atom. The van der Waals surface area contributed by atoms with E-state index in [1.54, 1.807) is 0 Å². The van der Waals surface area contributed by atoms with Crippen LogP contribution in [0.1, 0.15) is 12.8 Å². The summed E-state index contributed by atoms with van der Waals surface area (Å²) in [6.45, 7) is -0.0354. The summed E-state index contributed by atoms with van der Waals surface area (Å²) in [7, 11) is 0. The molecule has 46 valence electrons. The van der Waals surface area contributed by atoms with Crippen molar-refractivity contribution in [1.29, 1.82) is 0 Å². The van der Waals surface area contributed by atoms with Gasteiger partial charge in [-0.25, -0.2) is 0 Å².